The number of hydrogen-bond acceptors (Lipinski definition) is 4. The number of halogens is 1. The molecule has 5 nitrogen and oxygen atoms in total. The van der Waals surface area contributed by atoms with Crippen molar-refractivity contribution in [1.29, 1.82) is 0 Å². The molecule has 80 valence electrons. The quantitative estimate of drug-likeness (QED) is 0.480. The molecule has 2 amide bonds. The van der Waals surface area contributed by atoms with Gasteiger partial charge in [0, 0.05) is 0 Å². The summed E-state index contributed by atoms with van der Waals surface area (Å²) in [7, 11) is 0. The predicted molar refractivity (Wildman–Crippen MR) is 61.6 cm³/mol. The second-order valence-corrected chi connectivity index (χ2v) is 5.07. The van der Waals surface area contributed by atoms with Crippen LogP contribution >= 0.6 is 27.3 Å². The van der Waals surface area contributed by atoms with Crippen molar-refractivity contribution in [2.45, 2.75) is 6.92 Å². The molecule has 0 bridgehead atoms. The van der Waals surface area contributed by atoms with Gasteiger partial charge in [-0.15, -0.1) is 11.3 Å². The first-order chi connectivity index (χ1) is 7.00. The molecule has 0 aliphatic rings. The number of thiophene rings is 1. The van der Waals surface area contributed by atoms with Crippen LogP contribution in [0.1, 0.15) is 11.8 Å². The summed E-state index contributed by atoms with van der Waals surface area (Å²) in [5.41, 5.74) is 7.41. The maximum atomic E-state index is 10.8. The summed E-state index contributed by atoms with van der Waals surface area (Å²) < 4.78 is 0.966. The number of nitrogens with two attached hydrogens (primary N) is 1. The molecule has 0 aromatic carbocycles. The van der Waals surface area contributed by atoms with Crippen LogP contribution in [0.15, 0.2) is 21.0 Å². The van der Waals surface area contributed by atoms with E-state index in [2.05, 4.69) is 26.5 Å². The highest BCUT2D eigenvalue weighted by Crippen LogP contribution is 2.22. The van der Waals surface area contributed by atoms with Crippen molar-refractivity contribution < 1.29 is 9.59 Å². The number of carbonyl (C=O) groups is 2. The lowest BCUT2D eigenvalue weighted by Crippen LogP contribution is -2.33. The molecule has 1 rings (SSSR count). The minimum atomic E-state index is -1.06. The number of amides is 2. The number of hydrazone groups is 1. The van der Waals surface area contributed by atoms with E-state index in [1.807, 2.05) is 12.1 Å². The van der Waals surface area contributed by atoms with E-state index in [-0.39, 0.29) is 0 Å². The molecule has 0 fully saturated rings. The summed E-state index contributed by atoms with van der Waals surface area (Å²) in [5.74, 6) is -1.98. The Morgan fingerprint density at radius 1 is 1.53 bits per heavy atom. The summed E-state index contributed by atoms with van der Waals surface area (Å²) >= 11 is 4.78. The van der Waals surface area contributed by atoms with Gasteiger partial charge in [-0.1, -0.05) is 0 Å². The molecule has 1 aromatic heterocycles. The Hall–Kier alpha value is -1.21. The van der Waals surface area contributed by atoms with Gasteiger partial charge in [0.1, 0.15) is 0 Å². The third kappa shape index (κ3) is 3.45. The zero-order valence-electron chi connectivity index (χ0n) is 7.78. The standard InChI is InChI=1S/C8H8BrN3O2S/c1-4(5-2-3-6(9)15-5)11-12-8(14)7(10)13/h2-3H,1H3,(H2,10,13)(H,12,14). The highest BCUT2D eigenvalue weighted by atomic mass is 79.9. The first-order valence-corrected chi connectivity index (χ1v) is 5.51. The van der Waals surface area contributed by atoms with Crippen molar-refractivity contribution in [1.82, 2.24) is 5.43 Å². The van der Waals surface area contributed by atoms with Crippen LogP contribution in [0.25, 0.3) is 0 Å². The van der Waals surface area contributed by atoms with E-state index < -0.39 is 11.8 Å². The first-order valence-electron chi connectivity index (χ1n) is 3.90. The highest BCUT2D eigenvalue weighted by Gasteiger charge is 2.07. The molecule has 0 aliphatic carbocycles. The van der Waals surface area contributed by atoms with Crippen LogP contribution in [0, 0.1) is 0 Å². The van der Waals surface area contributed by atoms with Crippen molar-refractivity contribution >= 4 is 44.8 Å². The Labute approximate surface area is 98.5 Å². The average molecular weight is 290 g/mol. The van der Waals surface area contributed by atoms with Gasteiger partial charge in [0.2, 0.25) is 0 Å². The SMILES string of the molecule is CC(=NNC(=O)C(N)=O)c1ccc(Br)s1. The molecular weight excluding hydrogens is 282 g/mol. The van der Waals surface area contributed by atoms with Gasteiger partial charge in [-0.2, -0.15) is 5.10 Å². The zero-order valence-corrected chi connectivity index (χ0v) is 10.2. The molecule has 3 N–H and O–H groups in total. The van der Waals surface area contributed by atoms with E-state index in [9.17, 15) is 9.59 Å². The Bertz CT molecular complexity index is 427. The molecule has 0 aliphatic heterocycles. The van der Waals surface area contributed by atoms with Gasteiger partial charge in [0.25, 0.3) is 0 Å². The third-order valence-electron chi connectivity index (χ3n) is 1.48. The van der Waals surface area contributed by atoms with Gasteiger partial charge in [-0.25, -0.2) is 5.43 Å². The number of nitrogens with zero attached hydrogens (tertiary/aromatic N) is 1. The minimum absolute atomic E-state index is 0.611. The smallest absolute Gasteiger partial charge is 0.329 e. The topological polar surface area (TPSA) is 84.6 Å². The molecule has 0 atom stereocenters. The van der Waals surface area contributed by atoms with Crippen LogP contribution in [0.3, 0.4) is 0 Å². The van der Waals surface area contributed by atoms with Gasteiger partial charge >= 0.3 is 11.8 Å². The van der Waals surface area contributed by atoms with E-state index in [1.54, 1.807) is 6.92 Å². The lowest BCUT2D eigenvalue weighted by atomic mass is 10.3. The zero-order chi connectivity index (χ0) is 11.4. The fourth-order valence-corrected chi connectivity index (χ4v) is 2.08. The van der Waals surface area contributed by atoms with Gasteiger partial charge < -0.3 is 5.73 Å². The van der Waals surface area contributed by atoms with Gasteiger partial charge in [0.15, 0.2) is 0 Å². The first kappa shape index (κ1) is 11.9. The van der Waals surface area contributed by atoms with E-state index in [0.29, 0.717) is 5.71 Å². The molecule has 0 radical (unpaired) electrons. The third-order valence-corrected chi connectivity index (χ3v) is 3.21. The molecule has 1 heterocycles. The molecule has 0 unspecified atom stereocenters. The van der Waals surface area contributed by atoms with Crippen molar-refractivity contribution in [2.75, 3.05) is 0 Å². The Morgan fingerprint density at radius 2 is 2.20 bits per heavy atom. The van der Waals surface area contributed by atoms with Crippen LogP contribution in [-0.4, -0.2) is 17.5 Å². The molecule has 1 aromatic rings. The summed E-state index contributed by atoms with van der Waals surface area (Å²) in [6.07, 6.45) is 0. The number of nitrogens with one attached hydrogen (secondary N) is 1. The Balaban J connectivity index is 2.69. The molecule has 7 heteroatoms. The normalized spacial score (nSPS) is 11.2. The summed E-state index contributed by atoms with van der Waals surface area (Å²) in [4.78, 5) is 22.1. The molecule has 0 spiro atoms. The van der Waals surface area contributed by atoms with Gasteiger partial charge in [-0.05, 0) is 35.0 Å². The number of carbonyl (C=O) groups excluding carboxylic acids is 2. The number of hydrogen-bond donors (Lipinski definition) is 2. The summed E-state index contributed by atoms with van der Waals surface area (Å²) in [6.45, 7) is 1.72. The van der Waals surface area contributed by atoms with Crippen molar-refractivity contribution in [3.63, 3.8) is 0 Å². The van der Waals surface area contributed by atoms with Crippen LogP contribution in [0.2, 0.25) is 0 Å². The van der Waals surface area contributed by atoms with Crippen molar-refractivity contribution in [3.05, 3.63) is 20.8 Å². The fourth-order valence-electron chi connectivity index (χ4n) is 0.754. The maximum Gasteiger partial charge on any atom is 0.329 e. The fraction of sp³-hybridized carbons (Fsp3) is 0.125. The molecule has 15 heavy (non-hydrogen) atoms. The number of primary amides is 1. The maximum absolute atomic E-state index is 10.8. The number of rotatable bonds is 2. The van der Waals surface area contributed by atoms with E-state index in [1.165, 1.54) is 11.3 Å². The lowest BCUT2D eigenvalue weighted by Gasteiger charge is -1.97. The minimum Gasteiger partial charge on any atom is -0.361 e. The van der Waals surface area contributed by atoms with E-state index >= 15 is 0 Å². The van der Waals surface area contributed by atoms with Crippen LogP contribution in [0.4, 0.5) is 0 Å². The van der Waals surface area contributed by atoms with Crippen LogP contribution in [-0.2, 0) is 9.59 Å². The van der Waals surface area contributed by atoms with E-state index in [4.69, 9.17) is 5.73 Å². The molecule has 0 saturated heterocycles. The Kier molecular flexibility index (Phi) is 3.98. The second-order valence-electron chi connectivity index (χ2n) is 2.61. The molecular formula is C8H8BrN3O2S. The highest BCUT2D eigenvalue weighted by molar-refractivity contribution is 9.11. The molecule has 0 saturated carbocycles. The average Bonchev–Trinajstić information content (AvgIpc) is 2.60. The van der Waals surface area contributed by atoms with Crippen molar-refractivity contribution in [2.24, 2.45) is 10.8 Å². The largest absolute Gasteiger partial charge is 0.361 e. The monoisotopic (exact) mass is 289 g/mol. The Morgan fingerprint density at radius 3 is 2.67 bits per heavy atom. The summed E-state index contributed by atoms with van der Waals surface area (Å²) in [5, 5.41) is 3.73. The van der Waals surface area contributed by atoms with Gasteiger partial charge in [-0.3, -0.25) is 9.59 Å². The van der Waals surface area contributed by atoms with Crippen LogP contribution in [0.5, 0.6) is 0 Å². The van der Waals surface area contributed by atoms with E-state index in [0.717, 1.165) is 8.66 Å². The second kappa shape index (κ2) is 5.04. The van der Waals surface area contributed by atoms with Gasteiger partial charge in [0.05, 0.1) is 14.4 Å². The predicted octanol–water partition coefficient (Wildman–Crippen LogP) is 0.836. The summed E-state index contributed by atoms with van der Waals surface area (Å²) in [6, 6.07) is 3.72. The lowest BCUT2D eigenvalue weighted by molar-refractivity contribution is -0.137. The van der Waals surface area contributed by atoms with Crippen LogP contribution < -0.4 is 11.2 Å². The van der Waals surface area contributed by atoms with Crippen molar-refractivity contribution in [3.8, 4) is 0 Å².